The number of hydrogen-bond acceptors (Lipinski definition) is 3. The zero-order valence-electron chi connectivity index (χ0n) is 12.2. The van der Waals surface area contributed by atoms with E-state index in [-0.39, 0.29) is 6.61 Å². The molecular weight excluding hydrogens is 262 g/mol. The Kier molecular flexibility index (Phi) is 7.42. The molecule has 5 heteroatoms. The molecule has 0 aliphatic heterocycles. The molecule has 1 aromatic heterocycles. The normalized spacial score (nSPS) is 13.2. The summed E-state index contributed by atoms with van der Waals surface area (Å²) in [6.45, 7) is 7.33. The van der Waals surface area contributed by atoms with Crippen LogP contribution in [0.25, 0.3) is 0 Å². The van der Waals surface area contributed by atoms with Crippen LogP contribution in [0, 0.1) is 5.92 Å². The quantitative estimate of drug-likeness (QED) is 0.654. The first-order chi connectivity index (χ1) is 9.08. The number of aromatic nitrogens is 2. The Labute approximate surface area is 121 Å². The van der Waals surface area contributed by atoms with E-state index in [4.69, 9.17) is 16.7 Å². The summed E-state index contributed by atoms with van der Waals surface area (Å²) in [5.74, 6) is 1.44. The predicted molar refractivity (Wildman–Crippen MR) is 79.4 cm³/mol. The molecule has 0 bridgehead atoms. The second-order valence-electron chi connectivity index (χ2n) is 5.30. The summed E-state index contributed by atoms with van der Waals surface area (Å²) in [4.78, 5) is 7.62. The Balaban J connectivity index is 2.53. The van der Waals surface area contributed by atoms with Gasteiger partial charge in [0.1, 0.15) is 5.82 Å². The highest BCUT2D eigenvalue weighted by Crippen LogP contribution is 2.15. The number of aliphatic hydroxyl groups excluding tert-OH is 1. The molecule has 0 saturated heterocycles. The maximum atomic E-state index is 9.05. The fraction of sp³-hybridized carbons (Fsp3) is 0.786. The molecule has 0 amide bonds. The van der Waals surface area contributed by atoms with Crippen molar-refractivity contribution in [3.8, 4) is 0 Å². The van der Waals surface area contributed by atoms with Crippen molar-refractivity contribution in [2.45, 2.75) is 59.0 Å². The highest BCUT2D eigenvalue weighted by Gasteiger charge is 2.14. The van der Waals surface area contributed by atoms with Crippen LogP contribution in [0.15, 0.2) is 0 Å². The molecule has 3 N–H and O–H groups in total. The van der Waals surface area contributed by atoms with Gasteiger partial charge in [0.15, 0.2) is 5.15 Å². The summed E-state index contributed by atoms with van der Waals surface area (Å²) < 4.78 is 0. The molecule has 19 heavy (non-hydrogen) atoms. The van der Waals surface area contributed by atoms with Crippen LogP contribution in [0.5, 0.6) is 0 Å². The van der Waals surface area contributed by atoms with Crippen LogP contribution in [0.4, 0.5) is 0 Å². The maximum absolute atomic E-state index is 9.05. The Morgan fingerprint density at radius 2 is 2.16 bits per heavy atom. The van der Waals surface area contributed by atoms with Gasteiger partial charge in [-0.2, -0.15) is 0 Å². The third-order valence-electron chi connectivity index (χ3n) is 3.33. The molecule has 0 aromatic carbocycles. The van der Waals surface area contributed by atoms with Gasteiger partial charge in [0.2, 0.25) is 0 Å². The van der Waals surface area contributed by atoms with Crippen LogP contribution >= 0.6 is 11.6 Å². The highest BCUT2D eigenvalue weighted by atomic mass is 35.5. The minimum atomic E-state index is 0.203. The Morgan fingerprint density at radius 1 is 1.42 bits per heavy atom. The summed E-state index contributed by atoms with van der Waals surface area (Å²) in [6, 6.07) is 0.295. The van der Waals surface area contributed by atoms with E-state index in [1.807, 2.05) is 0 Å². The third kappa shape index (κ3) is 5.51. The van der Waals surface area contributed by atoms with Gasteiger partial charge in [-0.25, -0.2) is 4.98 Å². The standard InChI is InChI=1S/C14H26ClN3O/c1-4-5-6-13-17-12(14(15)18-13)9-16-11(7-8-19)10(2)3/h10-11,16,19H,4-9H2,1-3H3,(H,17,18). The topological polar surface area (TPSA) is 60.9 Å². The van der Waals surface area contributed by atoms with Crippen LogP contribution in [-0.2, 0) is 13.0 Å². The minimum Gasteiger partial charge on any atom is -0.396 e. The minimum absolute atomic E-state index is 0.203. The average molecular weight is 288 g/mol. The number of aliphatic hydroxyl groups is 1. The SMILES string of the molecule is CCCCc1nc(Cl)c(CNC(CCO)C(C)C)[nH]1. The van der Waals surface area contributed by atoms with Crippen LogP contribution in [0.3, 0.4) is 0 Å². The molecule has 0 saturated carbocycles. The summed E-state index contributed by atoms with van der Waals surface area (Å²) >= 11 is 6.13. The molecule has 0 radical (unpaired) electrons. The molecule has 4 nitrogen and oxygen atoms in total. The monoisotopic (exact) mass is 287 g/mol. The summed E-state index contributed by atoms with van der Waals surface area (Å²) in [7, 11) is 0. The first-order valence-corrected chi connectivity index (χ1v) is 7.53. The Bertz CT molecular complexity index is 366. The zero-order valence-corrected chi connectivity index (χ0v) is 12.9. The number of H-pyrrole nitrogens is 1. The molecule has 0 spiro atoms. The van der Waals surface area contributed by atoms with Gasteiger partial charge >= 0.3 is 0 Å². The van der Waals surface area contributed by atoms with E-state index in [1.54, 1.807) is 0 Å². The largest absolute Gasteiger partial charge is 0.396 e. The lowest BCUT2D eigenvalue weighted by atomic mass is 10.0. The number of imidazole rings is 1. The van der Waals surface area contributed by atoms with Gasteiger partial charge < -0.3 is 15.4 Å². The third-order valence-corrected chi connectivity index (χ3v) is 3.64. The number of unbranched alkanes of at least 4 members (excludes halogenated alkanes) is 1. The van der Waals surface area contributed by atoms with Gasteiger partial charge in [0.25, 0.3) is 0 Å². The van der Waals surface area contributed by atoms with Gasteiger partial charge in [-0.1, -0.05) is 38.8 Å². The van der Waals surface area contributed by atoms with Crippen LogP contribution in [0.1, 0.15) is 51.6 Å². The van der Waals surface area contributed by atoms with Crippen molar-refractivity contribution in [2.24, 2.45) is 5.92 Å². The molecule has 0 aliphatic rings. The van der Waals surface area contributed by atoms with Crippen molar-refractivity contribution in [1.29, 1.82) is 0 Å². The lowest BCUT2D eigenvalue weighted by molar-refractivity contribution is 0.243. The van der Waals surface area contributed by atoms with Crippen molar-refractivity contribution >= 4 is 11.6 Å². The summed E-state index contributed by atoms with van der Waals surface area (Å²) in [5, 5.41) is 13.0. The number of halogens is 1. The number of rotatable bonds is 9. The van der Waals surface area contributed by atoms with Crippen molar-refractivity contribution in [1.82, 2.24) is 15.3 Å². The molecule has 0 aliphatic carbocycles. The number of aryl methyl sites for hydroxylation is 1. The predicted octanol–water partition coefficient (Wildman–Crippen LogP) is 2.90. The van der Waals surface area contributed by atoms with E-state index >= 15 is 0 Å². The molecule has 0 fully saturated rings. The zero-order chi connectivity index (χ0) is 14.3. The second kappa shape index (κ2) is 8.56. The highest BCUT2D eigenvalue weighted by molar-refractivity contribution is 6.30. The van der Waals surface area contributed by atoms with Gasteiger partial charge in [0.05, 0.1) is 5.69 Å². The maximum Gasteiger partial charge on any atom is 0.151 e. The fourth-order valence-corrected chi connectivity index (χ4v) is 2.28. The van der Waals surface area contributed by atoms with Crippen LogP contribution in [-0.4, -0.2) is 27.7 Å². The van der Waals surface area contributed by atoms with Crippen molar-refractivity contribution < 1.29 is 5.11 Å². The molecule has 1 heterocycles. The van der Waals surface area contributed by atoms with E-state index < -0.39 is 0 Å². The van der Waals surface area contributed by atoms with Crippen molar-refractivity contribution in [2.75, 3.05) is 6.61 Å². The summed E-state index contributed by atoms with van der Waals surface area (Å²) in [6.07, 6.45) is 3.97. The van der Waals surface area contributed by atoms with Crippen LogP contribution in [0.2, 0.25) is 5.15 Å². The number of nitrogens with zero attached hydrogens (tertiary/aromatic N) is 1. The van der Waals surface area contributed by atoms with Crippen molar-refractivity contribution in [3.05, 3.63) is 16.7 Å². The molecule has 1 aromatic rings. The number of hydrogen-bond donors (Lipinski definition) is 3. The first kappa shape index (κ1) is 16.5. The number of nitrogens with one attached hydrogen (secondary N) is 2. The van der Waals surface area contributed by atoms with Crippen LogP contribution < -0.4 is 5.32 Å². The molecule has 1 atom stereocenters. The van der Waals surface area contributed by atoms with E-state index in [1.165, 1.54) is 0 Å². The lowest BCUT2D eigenvalue weighted by Gasteiger charge is -2.21. The Hall–Kier alpha value is -0.580. The lowest BCUT2D eigenvalue weighted by Crippen LogP contribution is -2.34. The fourth-order valence-electron chi connectivity index (χ4n) is 2.06. The van der Waals surface area contributed by atoms with Gasteiger partial charge in [-0.05, 0) is 18.8 Å². The average Bonchev–Trinajstić information content (AvgIpc) is 2.72. The van der Waals surface area contributed by atoms with Gasteiger partial charge in [-0.3, -0.25) is 0 Å². The van der Waals surface area contributed by atoms with Crippen molar-refractivity contribution in [3.63, 3.8) is 0 Å². The smallest absolute Gasteiger partial charge is 0.151 e. The molecule has 110 valence electrons. The van der Waals surface area contributed by atoms with Gasteiger partial charge in [-0.15, -0.1) is 0 Å². The van der Waals surface area contributed by atoms with E-state index in [0.29, 0.717) is 23.7 Å². The second-order valence-corrected chi connectivity index (χ2v) is 5.66. The Morgan fingerprint density at radius 3 is 2.74 bits per heavy atom. The van der Waals surface area contributed by atoms with E-state index in [2.05, 4.69) is 36.1 Å². The first-order valence-electron chi connectivity index (χ1n) is 7.16. The van der Waals surface area contributed by atoms with Gasteiger partial charge in [0, 0.05) is 25.6 Å². The molecule has 1 rings (SSSR count). The summed E-state index contributed by atoms with van der Waals surface area (Å²) in [5.41, 5.74) is 0.941. The number of aromatic amines is 1. The molecule has 1 unspecified atom stereocenters. The molecular formula is C14H26ClN3O. The van der Waals surface area contributed by atoms with E-state index in [9.17, 15) is 0 Å². The van der Waals surface area contributed by atoms with E-state index in [0.717, 1.165) is 37.2 Å².